The molecule has 0 spiro atoms. The maximum atomic E-state index is 11.8. The molecule has 2 aromatic carbocycles. The second-order valence-electron chi connectivity index (χ2n) is 9.59. The van der Waals surface area contributed by atoms with Crippen LogP contribution in [0.5, 0.6) is 5.75 Å². The van der Waals surface area contributed by atoms with Gasteiger partial charge in [-0.3, -0.25) is 14.9 Å². The molecule has 40 heavy (non-hydrogen) atoms. The lowest BCUT2D eigenvalue weighted by atomic mass is 9.99. The Labute approximate surface area is 233 Å². The Balaban J connectivity index is 0.000000222. The van der Waals surface area contributed by atoms with Crippen LogP contribution in [-0.4, -0.2) is 103 Å². The number of carbonyl (C=O) groups is 3. The van der Waals surface area contributed by atoms with E-state index in [1.165, 1.54) is 0 Å². The molecular weight excluding hydrogens is 512 g/mol. The summed E-state index contributed by atoms with van der Waals surface area (Å²) in [6, 6.07) is 11.6. The van der Waals surface area contributed by atoms with Crippen molar-refractivity contribution in [3.8, 4) is 17.6 Å². The van der Waals surface area contributed by atoms with Crippen molar-refractivity contribution in [2.75, 3.05) is 53.4 Å². The number of amides is 4. The van der Waals surface area contributed by atoms with E-state index in [4.69, 9.17) is 4.74 Å². The number of carbonyl (C=O) groups excluding carboxylic acids is 3. The number of rotatable bonds is 3. The van der Waals surface area contributed by atoms with Crippen LogP contribution in [0.4, 0.5) is 4.79 Å². The number of piperazine rings is 1. The molecule has 0 radical (unpaired) electrons. The highest BCUT2D eigenvalue weighted by Crippen LogP contribution is 2.22. The number of fused-ring (bicyclic) bond motifs is 1. The number of likely N-dealkylation sites (N-methyl/N-ethyl adjacent to an activating group) is 2. The van der Waals surface area contributed by atoms with Crippen LogP contribution in [0.1, 0.15) is 34.0 Å². The molecule has 11 nitrogen and oxygen atoms in total. The molecule has 1 atom stereocenters. The van der Waals surface area contributed by atoms with Gasteiger partial charge in [0.15, 0.2) is 11.9 Å². The summed E-state index contributed by atoms with van der Waals surface area (Å²) in [7, 11) is 3.43. The maximum Gasteiger partial charge on any atom is 0.322 e. The van der Waals surface area contributed by atoms with Gasteiger partial charge < -0.3 is 30.0 Å². The van der Waals surface area contributed by atoms with Crippen molar-refractivity contribution in [2.45, 2.75) is 19.4 Å². The van der Waals surface area contributed by atoms with Crippen molar-refractivity contribution in [2.24, 2.45) is 5.16 Å². The van der Waals surface area contributed by atoms with Gasteiger partial charge in [0.25, 0.3) is 11.8 Å². The summed E-state index contributed by atoms with van der Waals surface area (Å²) in [6.07, 6.45) is 0.932. The first-order valence-electron chi connectivity index (χ1n) is 13.2. The monoisotopic (exact) mass is 546 g/mol. The van der Waals surface area contributed by atoms with Gasteiger partial charge in [-0.05, 0) is 54.9 Å². The average Bonchev–Trinajstić information content (AvgIpc) is 3.31. The third-order valence-corrected chi connectivity index (χ3v) is 7.10. The molecule has 5 rings (SSSR count). The van der Waals surface area contributed by atoms with Crippen molar-refractivity contribution < 1.29 is 24.3 Å². The van der Waals surface area contributed by atoms with Crippen LogP contribution in [0.2, 0.25) is 0 Å². The van der Waals surface area contributed by atoms with Crippen molar-refractivity contribution in [3.05, 3.63) is 64.7 Å². The Morgan fingerprint density at radius 3 is 2.40 bits per heavy atom. The van der Waals surface area contributed by atoms with Crippen molar-refractivity contribution in [1.82, 2.24) is 25.3 Å². The number of amidine groups is 1. The molecule has 2 saturated heterocycles. The average molecular weight is 547 g/mol. The molecule has 3 aliphatic heterocycles. The Kier molecular flexibility index (Phi) is 9.24. The van der Waals surface area contributed by atoms with Crippen LogP contribution in [-0.2, 0) is 11.2 Å². The van der Waals surface area contributed by atoms with Gasteiger partial charge in [-0.15, -0.1) is 0 Å². The van der Waals surface area contributed by atoms with E-state index in [0.29, 0.717) is 11.4 Å². The lowest BCUT2D eigenvalue weighted by Gasteiger charge is -2.35. The van der Waals surface area contributed by atoms with Crippen molar-refractivity contribution >= 4 is 23.7 Å². The summed E-state index contributed by atoms with van der Waals surface area (Å²) in [6.45, 7) is 7.46. The van der Waals surface area contributed by atoms with E-state index in [-0.39, 0.29) is 5.91 Å². The fourth-order valence-electron chi connectivity index (χ4n) is 4.65. The molecule has 3 N–H and O–H groups in total. The molecule has 0 aliphatic carbocycles. The first-order chi connectivity index (χ1) is 19.3. The standard InChI is InChI=1S/C18H21N5O3.C11H13NO2/c1-2-22-9-11-23(12-10-22)16(21-26)14-6-3-13(4-7-14)5-8-15-17(24)20-18(25)19-15;1-12-6-5-8-3-4-9(14-2)7-10(8)11(12)13/h3-4,6-7,15,26H,2,9-12H2,1H3,(H2,19,20,24,25);3-4,7H,5-6H2,1-2H3/b21-16-;/t15-;/m0./s1. The topological polar surface area (TPSA) is 127 Å². The minimum atomic E-state index is -0.827. The number of nitrogens with one attached hydrogen (secondary N) is 2. The van der Waals surface area contributed by atoms with Gasteiger partial charge in [-0.1, -0.05) is 30.0 Å². The molecule has 2 fully saturated rings. The Morgan fingerprint density at radius 1 is 1.07 bits per heavy atom. The predicted octanol–water partition coefficient (Wildman–Crippen LogP) is 1.34. The molecule has 3 heterocycles. The number of imide groups is 1. The number of methoxy groups -OCH3 is 1. The van der Waals surface area contributed by atoms with Crippen LogP contribution in [0.25, 0.3) is 0 Å². The SMILES string of the molecule is CCN1CCN(/C(=N\O)c2ccc(C#C[C@@H]3NC(=O)NC3=O)cc2)CC1.COc1ccc2c(c1)C(=O)N(C)CC2. The second kappa shape index (κ2) is 13.0. The smallest absolute Gasteiger partial charge is 0.322 e. The Bertz CT molecular complexity index is 1340. The quantitative estimate of drug-likeness (QED) is 0.132. The predicted molar refractivity (Wildman–Crippen MR) is 149 cm³/mol. The number of benzene rings is 2. The molecule has 4 amide bonds. The van der Waals surface area contributed by atoms with E-state index in [1.54, 1.807) is 24.1 Å². The highest BCUT2D eigenvalue weighted by atomic mass is 16.5. The first kappa shape index (κ1) is 28.4. The largest absolute Gasteiger partial charge is 0.497 e. The first-order valence-corrected chi connectivity index (χ1v) is 13.2. The van der Waals surface area contributed by atoms with E-state index >= 15 is 0 Å². The van der Waals surface area contributed by atoms with E-state index in [2.05, 4.69) is 44.4 Å². The zero-order chi connectivity index (χ0) is 28.6. The second-order valence-corrected chi connectivity index (χ2v) is 9.59. The molecule has 0 bridgehead atoms. The fraction of sp³-hybridized carbons (Fsp3) is 0.379. The summed E-state index contributed by atoms with van der Waals surface area (Å²) >= 11 is 0. The summed E-state index contributed by atoms with van der Waals surface area (Å²) < 4.78 is 5.09. The number of hydrogen-bond acceptors (Lipinski definition) is 7. The zero-order valence-corrected chi connectivity index (χ0v) is 22.9. The number of oxime groups is 1. The minimum Gasteiger partial charge on any atom is -0.497 e. The van der Waals surface area contributed by atoms with Crippen molar-refractivity contribution in [3.63, 3.8) is 0 Å². The molecule has 11 heteroatoms. The molecule has 2 aromatic rings. The highest BCUT2D eigenvalue weighted by Gasteiger charge is 2.27. The summed E-state index contributed by atoms with van der Waals surface area (Å²) in [5.74, 6) is 6.52. The van der Waals surface area contributed by atoms with Gasteiger partial charge in [0, 0.05) is 56.5 Å². The van der Waals surface area contributed by atoms with E-state index < -0.39 is 18.0 Å². The van der Waals surface area contributed by atoms with Gasteiger partial charge in [0.1, 0.15) is 5.75 Å². The highest BCUT2D eigenvalue weighted by molar-refractivity contribution is 6.06. The number of ether oxygens (including phenoxy) is 1. The van der Waals surface area contributed by atoms with Crippen LogP contribution >= 0.6 is 0 Å². The lowest BCUT2D eigenvalue weighted by Crippen LogP contribution is -2.48. The Morgan fingerprint density at radius 2 is 1.80 bits per heavy atom. The van der Waals surface area contributed by atoms with Gasteiger partial charge in [-0.25, -0.2) is 4.79 Å². The van der Waals surface area contributed by atoms with E-state index in [1.807, 2.05) is 37.4 Å². The molecular formula is C29H34N6O5. The third-order valence-electron chi connectivity index (χ3n) is 7.10. The molecule has 0 aromatic heterocycles. The Hall–Kier alpha value is -4.56. The number of urea groups is 1. The summed E-state index contributed by atoms with van der Waals surface area (Å²) in [5, 5.41) is 17.5. The summed E-state index contributed by atoms with van der Waals surface area (Å²) in [5.41, 5.74) is 3.40. The number of nitrogens with zero attached hydrogens (tertiary/aromatic N) is 4. The van der Waals surface area contributed by atoms with Crippen LogP contribution in [0.3, 0.4) is 0 Å². The van der Waals surface area contributed by atoms with Crippen LogP contribution in [0.15, 0.2) is 47.6 Å². The fourth-order valence-corrected chi connectivity index (χ4v) is 4.65. The van der Waals surface area contributed by atoms with Crippen LogP contribution < -0.4 is 15.4 Å². The van der Waals surface area contributed by atoms with Gasteiger partial charge in [0.2, 0.25) is 0 Å². The van der Waals surface area contributed by atoms with E-state index in [9.17, 15) is 19.6 Å². The zero-order valence-electron chi connectivity index (χ0n) is 22.9. The molecule has 0 unspecified atom stereocenters. The summed E-state index contributed by atoms with van der Waals surface area (Å²) in [4.78, 5) is 40.4. The lowest BCUT2D eigenvalue weighted by molar-refractivity contribution is -0.119. The minimum absolute atomic E-state index is 0.0881. The van der Waals surface area contributed by atoms with Crippen molar-refractivity contribution in [1.29, 1.82) is 0 Å². The van der Waals surface area contributed by atoms with Crippen LogP contribution in [0, 0.1) is 11.8 Å². The van der Waals surface area contributed by atoms with Gasteiger partial charge in [-0.2, -0.15) is 0 Å². The van der Waals surface area contributed by atoms with Gasteiger partial charge >= 0.3 is 6.03 Å². The van der Waals surface area contributed by atoms with Gasteiger partial charge in [0.05, 0.1) is 7.11 Å². The van der Waals surface area contributed by atoms with E-state index in [0.717, 1.165) is 68.1 Å². The maximum absolute atomic E-state index is 11.8. The molecule has 0 saturated carbocycles. The normalized spacial score (nSPS) is 19.0. The molecule has 3 aliphatic rings. The third kappa shape index (κ3) is 6.71. The number of hydrogen-bond donors (Lipinski definition) is 3. The molecule has 210 valence electrons.